The second kappa shape index (κ2) is 7.88. The molecular formula is C19H25N3O3S. The highest BCUT2D eigenvalue weighted by Crippen LogP contribution is 2.18. The number of nitrogens with one attached hydrogen (secondary N) is 3. The molecule has 0 aliphatic heterocycles. The Balaban J connectivity index is 2.09. The molecule has 0 radical (unpaired) electrons. The van der Waals surface area contributed by atoms with Gasteiger partial charge in [-0.25, -0.2) is 13.1 Å². The Morgan fingerprint density at radius 3 is 2.19 bits per heavy atom. The van der Waals surface area contributed by atoms with E-state index in [4.69, 9.17) is 0 Å². The molecule has 1 amide bonds. The van der Waals surface area contributed by atoms with Gasteiger partial charge in [-0.1, -0.05) is 24.3 Å². The van der Waals surface area contributed by atoms with Crippen LogP contribution in [0.2, 0.25) is 0 Å². The van der Waals surface area contributed by atoms with Crippen LogP contribution in [-0.2, 0) is 14.8 Å². The van der Waals surface area contributed by atoms with Crippen molar-refractivity contribution in [3.8, 4) is 0 Å². The lowest BCUT2D eigenvalue weighted by molar-refractivity contribution is -0.116. The molecule has 2 rings (SSSR count). The van der Waals surface area contributed by atoms with Crippen LogP contribution in [0.1, 0.15) is 27.7 Å². The second-order valence-corrected chi connectivity index (χ2v) is 8.79. The molecule has 2 aromatic carbocycles. The van der Waals surface area contributed by atoms with Crippen LogP contribution in [-0.4, -0.2) is 25.9 Å². The molecule has 3 N–H and O–H groups in total. The highest BCUT2D eigenvalue weighted by Gasteiger charge is 2.22. The normalized spacial score (nSPS) is 13.1. The van der Waals surface area contributed by atoms with Gasteiger partial charge in [0.05, 0.1) is 4.90 Å². The van der Waals surface area contributed by atoms with Gasteiger partial charge in [0.2, 0.25) is 15.9 Å². The molecule has 140 valence electrons. The number of benzene rings is 2. The summed E-state index contributed by atoms with van der Waals surface area (Å²) in [5.41, 5.74) is 0.680. The minimum atomic E-state index is -3.64. The molecule has 1 atom stereocenters. The number of anilines is 2. The van der Waals surface area contributed by atoms with Crippen molar-refractivity contribution in [3.05, 3.63) is 54.6 Å². The summed E-state index contributed by atoms with van der Waals surface area (Å²) in [6.45, 7) is 7.06. The number of carbonyl (C=O) groups excluding carboxylic acids is 1. The van der Waals surface area contributed by atoms with Crippen molar-refractivity contribution in [1.29, 1.82) is 0 Å². The van der Waals surface area contributed by atoms with Crippen LogP contribution >= 0.6 is 0 Å². The molecule has 0 heterocycles. The van der Waals surface area contributed by atoms with Crippen molar-refractivity contribution in [2.45, 2.75) is 44.2 Å². The van der Waals surface area contributed by atoms with Crippen molar-refractivity contribution in [2.75, 3.05) is 10.6 Å². The topological polar surface area (TPSA) is 87.3 Å². The average Bonchev–Trinajstić information content (AvgIpc) is 2.54. The van der Waals surface area contributed by atoms with E-state index in [2.05, 4.69) is 15.4 Å². The van der Waals surface area contributed by atoms with Crippen LogP contribution in [0, 0.1) is 0 Å². The molecule has 0 unspecified atom stereocenters. The third-order valence-corrected chi connectivity index (χ3v) is 5.16. The van der Waals surface area contributed by atoms with Gasteiger partial charge in [-0.2, -0.15) is 0 Å². The molecule has 0 saturated carbocycles. The molecule has 26 heavy (non-hydrogen) atoms. The fraction of sp³-hybridized carbons (Fsp3) is 0.316. The van der Waals surface area contributed by atoms with Gasteiger partial charge in [0, 0.05) is 16.9 Å². The van der Waals surface area contributed by atoms with Crippen molar-refractivity contribution in [1.82, 2.24) is 4.72 Å². The van der Waals surface area contributed by atoms with Crippen LogP contribution in [0.25, 0.3) is 0 Å². The van der Waals surface area contributed by atoms with Gasteiger partial charge in [-0.3, -0.25) is 4.79 Å². The van der Waals surface area contributed by atoms with Crippen molar-refractivity contribution >= 4 is 27.3 Å². The van der Waals surface area contributed by atoms with E-state index in [0.29, 0.717) is 11.4 Å². The van der Waals surface area contributed by atoms with Crippen LogP contribution < -0.4 is 15.4 Å². The smallest absolute Gasteiger partial charge is 0.246 e. The minimum Gasteiger partial charge on any atom is -0.374 e. The number of carbonyl (C=O) groups is 1. The summed E-state index contributed by atoms with van der Waals surface area (Å²) in [5, 5.41) is 5.84. The van der Waals surface area contributed by atoms with E-state index in [9.17, 15) is 13.2 Å². The Morgan fingerprint density at radius 2 is 1.58 bits per heavy atom. The summed E-state index contributed by atoms with van der Waals surface area (Å²) in [6.07, 6.45) is 0. The van der Waals surface area contributed by atoms with Gasteiger partial charge >= 0.3 is 0 Å². The fourth-order valence-corrected chi connectivity index (χ4v) is 3.77. The molecule has 0 saturated heterocycles. The minimum absolute atomic E-state index is 0.146. The van der Waals surface area contributed by atoms with E-state index in [-0.39, 0.29) is 10.8 Å². The lowest BCUT2D eigenvalue weighted by Gasteiger charge is -2.21. The fourth-order valence-electron chi connectivity index (χ4n) is 2.30. The summed E-state index contributed by atoms with van der Waals surface area (Å²) in [4.78, 5) is 12.4. The first kappa shape index (κ1) is 19.9. The van der Waals surface area contributed by atoms with Gasteiger partial charge in [0.1, 0.15) is 6.04 Å². The van der Waals surface area contributed by atoms with E-state index in [1.807, 2.05) is 18.2 Å². The maximum absolute atomic E-state index is 12.4. The summed E-state index contributed by atoms with van der Waals surface area (Å²) >= 11 is 0. The predicted molar refractivity (Wildman–Crippen MR) is 105 cm³/mol. The van der Waals surface area contributed by atoms with Crippen LogP contribution in [0.3, 0.4) is 0 Å². The number of sulfonamides is 1. The molecule has 6 nitrogen and oxygen atoms in total. The summed E-state index contributed by atoms with van der Waals surface area (Å²) < 4.78 is 27.5. The third kappa shape index (κ3) is 5.86. The van der Waals surface area contributed by atoms with Crippen LogP contribution in [0.4, 0.5) is 11.4 Å². The van der Waals surface area contributed by atoms with E-state index in [0.717, 1.165) is 0 Å². The number of hydrogen-bond acceptors (Lipinski definition) is 4. The molecule has 0 fully saturated rings. The Kier molecular flexibility index (Phi) is 6.05. The lowest BCUT2D eigenvalue weighted by atomic mass is 10.1. The average molecular weight is 375 g/mol. The van der Waals surface area contributed by atoms with Gasteiger partial charge in [0.25, 0.3) is 0 Å². The Bertz CT molecular complexity index is 859. The number of amides is 1. The maximum atomic E-state index is 12.4. The van der Waals surface area contributed by atoms with Crippen molar-refractivity contribution in [3.63, 3.8) is 0 Å². The third-order valence-electron chi connectivity index (χ3n) is 3.40. The first-order chi connectivity index (χ1) is 12.1. The monoisotopic (exact) mass is 375 g/mol. The predicted octanol–water partition coefficient (Wildman–Crippen LogP) is 3.20. The number of rotatable bonds is 6. The Labute approximate surface area is 155 Å². The molecule has 0 aliphatic carbocycles. The lowest BCUT2D eigenvalue weighted by Crippen LogP contribution is -2.40. The second-order valence-electron chi connectivity index (χ2n) is 7.10. The van der Waals surface area contributed by atoms with Crippen LogP contribution in [0.15, 0.2) is 59.5 Å². The molecule has 0 aliphatic rings. The highest BCUT2D eigenvalue weighted by atomic mass is 32.2. The quantitative estimate of drug-likeness (QED) is 0.723. The summed E-state index contributed by atoms with van der Waals surface area (Å²) in [7, 11) is -3.64. The summed E-state index contributed by atoms with van der Waals surface area (Å²) in [5.74, 6) is -0.211. The molecule has 0 aromatic heterocycles. The van der Waals surface area contributed by atoms with Gasteiger partial charge in [0.15, 0.2) is 0 Å². The zero-order valence-electron chi connectivity index (χ0n) is 15.4. The largest absolute Gasteiger partial charge is 0.374 e. The maximum Gasteiger partial charge on any atom is 0.246 e. The summed E-state index contributed by atoms with van der Waals surface area (Å²) in [6, 6.07) is 15.0. The zero-order valence-corrected chi connectivity index (χ0v) is 16.2. The highest BCUT2D eigenvalue weighted by molar-refractivity contribution is 7.89. The number of para-hydroxylation sites is 1. The first-order valence-corrected chi connectivity index (χ1v) is 9.82. The van der Waals surface area contributed by atoms with Gasteiger partial charge < -0.3 is 10.6 Å². The van der Waals surface area contributed by atoms with E-state index in [1.165, 1.54) is 12.1 Å². The first-order valence-electron chi connectivity index (χ1n) is 8.33. The molecule has 7 heteroatoms. The molecule has 2 aromatic rings. The SMILES string of the molecule is C[C@@H](Nc1cccc(S(=O)(=O)NC(C)(C)C)c1)C(=O)Nc1ccccc1. The molecule has 0 spiro atoms. The van der Waals surface area contributed by atoms with E-state index >= 15 is 0 Å². The number of hydrogen-bond donors (Lipinski definition) is 3. The van der Waals surface area contributed by atoms with Crippen molar-refractivity contribution < 1.29 is 13.2 Å². The standard InChI is InChI=1S/C19H25N3O3S/c1-14(18(23)21-15-9-6-5-7-10-15)20-16-11-8-12-17(13-16)26(24,25)22-19(2,3)4/h5-14,20,22H,1-4H3,(H,21,23)/t14-/m1/s1. The molecule has 0 bridgehead atoms. The Hall–Kier alpha value is -2.38. The van der Waals surface area contributed by atoms with Crippen LogP contribution in [0.5, 0.6) is 0 Å². The Morgan fingerprint density at radius 1 is 0.962 bits per heavy atom. The molecular weight excluding hydrogens is 350 g/mol. The zero-order chi connectivity index (χ0) is 19.4. The van der Waals surface area contributed by atoms with Gasteiger partial charge in [-0.05, 0) is 58.0 Å². The van der Waals surface area contributed by atoms with E-state index in [1.54, 1.807) is 52.0 Å². The van der Waals surface area contributed by atoms with Gasteiger partial charge in [-0.15, -0.1) is 0 Å². The van der Waals surface area contributed by atoms with Crippen molar-refractivity contribution in [2.24, 2.45) is 0 Å². The van der Waals surface area contributed by atoms with E-state index < -0.39 is 21.6 Å².